The molecule has 1 aliphatic rings. The smallest absolute Gasteiger partial charge is 0.409 e. The van der Waals surface area contributed by atoms with Crippen LogP contribution in [-0.2, 0) is 16.0 Å². The number of hydrogen-bond acceptors (Lipinski definition) is 4. The van der Waals surface area contributed by atoms with Crippen LogP contribution in [0.3, 0.4) is 0 Å². The van der Waals surface area contributed by atoms with Crippen molar-refractivity contribution in [2.24, 2.45) is 0 Å². The van der Waals surface area contributed by atoms with Crippen LogP contribution in [0.4, 0.5) is 4.79 Å². The molecule has 0 spiro atoms. The quantitative estimate of drug-likeness (QED) is 0.807. The van der Waals surface area contributed by atoms with Gasteiger partial charge in [-0.3, -0.25) is 4.79 Å². The molecule has 2 amide bonds. The summed E-state index contributed by atoms with van der Waals surface area (Å²) >= 11 is 5.97. The van der Waals surface area contributed by atoms with Crippen LogP contribution in [0.25, 0.3) is 5.69 Å². The summed E-state index contributed by atoms with van der Waals surface area (Å²) in [5.74, 6) is -0.0264. The third kappa shape index (κ3) is 5.09. The van der Waals surface area contributed by atoms with Gasteiger partial charge < -0.3 is 15.0 Å². The van der Waals surface area contributed by atoms with Crippen molar-refractivity contribution in [1.29, 1.82) is 0 Å². The van der Waals surface area contributed by atoms with E-state index >= 15 is 0 Å². The van der Waals surface area contributed by atoms with Crippen molar-refractivity contribution in [3.63, 3.8) is 0 Å². The molecule has 29 heavy (non-hydrogen) atoms. The van der Waals surface area contributed by atoms with Gasteiger partial charge in [0.25, 0.3) is 0 Å². The first-order chi connectivity index (χ1) is 13.9. The van der Waals surface area contributed by atoms with Gasteiger partial charge in [-0.15, -0.1) is 0 Å². The molecule has 156 valence electrons. The van der Waals surface area contributed by atoms with Crippen LogP contribution in [0, 0.1) is 13.8 Å². The molecule has 7 nitrogen and oxygen atoms in total. The van der Waals surface area contributed by atoms with Gasteiger partial charge in [-0.05, 0) is 57.9 Å². The Hall–Kier alpha value is -2.54. The molecule has 0 saturated carbocycles. The van der Waals surface area contributed by atoms with Gasteiger partial charge in [-0.2, -0.15) is 5.10 Å². The second-order valence-electron chi connectivity index (χ2n) is 7.24. The molecule has 1 N–H and O–H groups in total. The van der Waals surface area contributed by atoms with Crippen molar-refractivity contribution in [2.45, 2.75) is 46.1 Å². The lowest BCUT2D eigenvalue weighted by Gasteiger charge is -2.31. The van der Waals surface area contributed by atoms with Gasteiger partial charge in [0, 0.05) is 35.4 Å². The number of carbonyl (C=O) groups excluding carboxylic acids is 2. The zero-order valence-electron chi connectivity index (χ0n) is 17.1. The summed E-state index contributed by atoms with van der Waals surface area (Å²) in [7, 11) is 0. The molecule has 1 aromatic carbocycles. The summed E-state index contributed by atoms with van der Waals surface area (Å²) in [6.45, 7) is 7.24. The number of rotatable bonds is 5. The minimum Gasteiger partial charge on any atom is -0.450 e. The van der Waals surface area contributed by atoms with Crippen molar-refractivity contribution in [3.05, 3.63) is 46.2 Å². The minimum atomic E-state index is -0.280. The lowest BCUT2D eigenvalue weighted by molar-refractivity contribution is -0.121. The third-order valence-electron chi connectivity index (χ3n) is 5.24. The summed E-state index contributed by atoms with van der Waals surface area (Å²) in [4.78, 5) is 26.1. The molecule has 8 heteroatoms. The van der Waals surface area contributed by atoms with E-state index in [1.807, 2.05) is 42.8 Å². The topological polar surface area (TPSA) is 76.5 Å². The third-order valence-corrected chi connectivity index (χ3v) is 5.49. The van der Waals surface area contributed by atoms with E-state index in [1.165, 1.54) is 0 Å². The number of nitrogens with zero attached hydrogens (tertiary/aromatic N) is 3. The second-order valence-corrected chi connectivity index (χ2v) is 7.68. The van der Waals surface area contributed by atoms with E-state index in [4.69, 9.17) is 16.3 Å². The maximum atomic E-state index is 12.6. The maximum Gasteiger partial charge on any atom is 0.409 e. The Morgan fingerprint density at radius 3 is 2.48 bits per heavy atom. The van der Waals surface area contributed by atoms with E-state index in [2.05, 4.69) is 10.4 Å². The molecule has 0 bridgehead atoms. The fourth-order valence-electron chi connectivity index (χ4n) is 3.62. The van der Waals surface area contributed by atoms with Crippen LogP contribution in [0.2, 0.25) is 5.02 Å². The Morgan fingerprint density at radius 2 is 1.86 bits per heavy atom. The molecular formula is C21H27ClN4O3. The molecule has 1 fully saturated rings. The molecule has 1 aliphatic heterocycles. The second kappa shape index (κ2) is 9.31. The van der Waals surface area contributed by atoms with Crippen molar-refractivity contribution < 1.29 is 14.3 Å². The number of halogens is 1. The van der Waals surface area contributed by atoms with Gasteiger partial charge in [0.15, 0.2) is 0 Å². The summed E-state index contributed by atoms with van der Waals surface area (Å²) in [5.41, 5.74) is 3.62. The van der Waals surface area contributed by atoms with Gasteiger partial charge in [0.1, 0.15) is 0 Å². The molecule has 0 atom stereocenters. The Labute approximate surface area is 176 Å². The molecule has 3 rings (SSSR count). The van der Waals surface area contributed by atoms with E-state index in [0.29, 0.717) is 24.7 Å². The fourth-order valence-corrected chi connectivity index (χ4v) is 3.75. The standard InChI is InChI=1S/C21H27ClN4O3/c1-4-29-21(28)25-11-9-17(10-12-25)23-20(27)13-19-14(2)24-26(15(19)3)18-7-5-16(22)6-8-18/h5-8,17H,4,9-13H2,1-3H3,(H,23,27). The average molecular weight is 419 g/mol. The molecule has 1 saturated heterocycles. The van der Waals surface area contributed by atoms with Crippen LogP contribution in [0.5, 0.6) is 0 Å². The maximum absolute atomic E-state index is 12.6. The normalized spacial score (nSPS) is 14.7. The highest BCUT2D eigenvalue weighted by Crippen LogP contribution is 2.20. The van der Waals surface area contributed by atoms with E-state index < -0.39 is 0 Å². The van der Waals surface area contributed by atoms with Crippen LogP contribution in [0.1, 0.15) is 36.7 Å². The first kappa shape index (κ1) is 21.2. The Morgan fingerprint density at radius 1 is 1.21 bits per heavy atom. The van der Waals surface area contributed by atoms with Crippen molar-refractivity contribution in [1.82, 2.24) is 20.0 Å². The number of ether oxygens (including phenoxy) is 1. The van der Waals surface area contributed by atoms with Crippen LogP contribution < -0.4 is 5.32 Å². The molecule has 0 radical (unpaired) electrons. The van der Waals surface area contributed by atoms with Crippen molar-refractivity contribution in [2.75, 3.05) is 19.7 Å². The predicted molar refractivity (Wildman–Crippen MR) is 112 cm³/mol. The van der Waals surface area contributed by atoms with Gasteiger partial charge in [0.2, 0.25) is 5.91 Å². The van der Waals surface area contributed by atoms with E-state index in [9.17, 15) is 9.59 Å². The number of carbonyl (C=O) groups is 2. The van der Waals surface area contributed by atoms with Gasteiger partial charge in [-0.1, -0.05) is 11.6 Å². The van der Waals surface area contributed by atoms with Gasteiger partial charge in [0.05, 0.1) is 24.4 Å². The highest BCUT2D eigenvalue weighted by atomic mass is 35.5. The minimum absolute atomic E-state index is 0.0264. The Kier molecular flexibility index (Phi) is 6.79. The number of aromatic nitrogens is 2. The number of likely N-dealkylation sites (tertiary alicyclic amines) is 1. The van der Waals surface area contributed by atoms with Crippen LogP contribution in [0.15, 0.2) is 24.3 Å². The van der Waals surface area contributed by atoms with Gasteiger partial charge in [-0.25, -0.2) is 9.48 Å². The van der Waals surface area contributed by atoms with E-state index in [0.717, 1.165) is 35.5 Å². The van der Waals surface area contributed by atoms with E-state index in [1.54, 1.807) is 11.8 Å². The van der Waals surface area contributed by atoms with Gasteiger partial charge >= 0.3 is 6.09 Å². The van der Waals surface area contributed by atoms with Crippen molar-refractivity contribution in [3.8, 4) is 5.69 Å². The molecule has 0 aliphatic carbocycles. The number of piperidine rings is 1. The predicted octanol–water partition coefficient (Wildman–Crippen LogP) is 3.42. The molecule has 2 heterocycles. The number of aryl methyl sites for hydroxylation is 1. The zero-order chi connectivity index (χ0) is 21.0. The summed E-state index contributed by atoms with van der Waals surface area (Å²) in [6.07, 6.45) is 1.46. The summed E-state index contributed by atoms with van der Waals surface area (Å²) in [6, 6.07) is 7.52. The molecular weight excluding hydrogens is 392 g/mol. The lowest BCUT2D eigenvalue weighted by atomic mass is 10.0. The Bertz CT molecular complexity index is 871. The first-order valence-corrected chi connectivity index (χ1v) is 10.3. The summed E-state index contributed by atoms with van der Waals surface area (Å²) < 4.78 is 6.87. The molecule has 2 aromatic rings. The first-order valence-electron chi connectivity index (χ1n) is 9.91. The number of amides is 2. The molecule has 0 unspecified atom stereocenters. The monoisotopic (exact) mass is 418 g/mol. The number of hydrogen-bond donors (Lipinski definition) is 1. The highest BCUT2D eigenvalue weighted by Gasteiger charge is 2.25. The SMILES string of the molecule is CCOC(=O)N1CCC(NC(=O)Cc2c(C)nn(-c3ccc(Cl)cc3)c2C)CC1. The fraction of sp³-hybridized carbons (Fsp3) is 0.476. The average Bonchev–Trinajstić information content (AvgIpc) is 2.97. The summed E-state index contributed by atoms with van der Waals surface area (Å²) in [5, 5.41) is 8.36. The van der Waals surface area contributed by atoms with Crippen LogP contribution in [-0.4, -0.2) is 52.4 Å². The zero-order valence-corrected chi connectivity index (χ0v) is 17.8. The number of benzene rings is 1. The molecule has 1 aromatic heterocycles. The van der Waals surface area contributed by atoms with Crippen molar-refractivity contribution >= 4 is 23.6 Å². The Balaban J connectivity index is 1.59. The largest absolute Gasteiger partial charge is 0.450 e. The van der Waals surface area contributed by atoms with Crippen LogP contribution >= 0.6 is 11.6 Å². The lowest BCUT2D eigenvalue weighted by Crippen LogP contribution is -2.47. The highest BCUT2D eigenvalue weighted by molar-refractivity contribution is 6.30. The van der Waals surface area contributed by atoms with E-state index in [-0.39, 0.29) is 24.5 Å². The number of nitrogens with one attached hydrogen (secondary N) is 1.